The summed E-state index contributed by atoms with van der Waals surface area (Å²) in [6, 6.07) is 0.624. The first-order valence-corrected chi connectivity index (χ1v) is 14.8. The zero-order chi connectivity index (χ0) is 23.3. The lowest BCUT2D eigenvalue weighted by atomic mass is 9.95. The van der Waals surface area contributed by atoms with Gasteiger partial charge < -0.3 is 0 Å². The van der Waals surface area contributed by atoms with E-state index in [0.717, 1.165) is 0 Å². The number of nitrogens with one attached hydrogen (secondary N) is 1. The summed E-state index contributed by atoms with van der Waals surface area (Å²) in [6.45, 7) is 9.37. The second-order valence-corrected chi connectivity index (χ2v) is 10.5. The van der Waals surface area contributed by atoms with Gasteiger partial charge in [0.05, 0.1) is 12.0 Å². The van der Waals surface area contributed by atoms with Gasteiger partial charge in [-0.15, -0.1) is 0 Å². The zero-order valence-corrected chi connectivity index (χ0v) is 22.6. The number of nitrogens with zero attached hydrogens (tertiary/aromatic N) is 1. The Balaban J connectivity index is 2.17. The summed E-state index contributed by atoms with van der Waals surface area (Å²) >= 11 is 0. The largest absolute Gasteiger partial charge is 0.257 e. The van der Waals surface area contributed by atoms with Crippen molar-refractivity contribution in [1.82, 2.24) is 4.98 Å². The fraction of sp³-hybridized carbons (Fsp3) is 0.900. The fourth-order valence-electron chi connectivity index (χ4n) is 5.25. The molecule has 0 aliphatic carbocycles. The van der Waals surface area contributed by atoms with E-state index < -0.39 is 0 Å². The summed E-state index contributed by atoms with van der Waals surface area (Å²) in [4.78, 5) is 3.62. The molecule has 1 aromatic rings. The van der Waals surface area contributed by atoms with Crippen LogP contribution in [0, 0.1) is 0 Å². The molecule has 1 heterocycles. The van der Waals surface area contributed by atoms with Crippen molar-refractivity contribution >= 4 is 0 Å². The van der Waals surface area contributed by atoms with Gasteiger partial charge in [-0.05, 0) is 32.6 Å². The second-order valence-electron chi connectivity index (χ2n) is 10.5. The summed E-state index contributed by atoms with van der Waals surface area (Å²) < 4.78 is 2.57. The van der Waals surface area contributed by atoms with Crippen LogP contribution in [0.2, 0.25) is 0 Å². The predicted octanol–water partition coefficient (Wildman–Crippen LogP) is 10.2. The first-order valence-electron chi connectivity index (χ1n) is 14.8. The highest BCUT2D eigenvalue weighted by Gasteiger charge is 2.24. The molecule has 1 rings (SSSR count). The summed E-state index contributed by atoms with van der Waals surface area (Å²) in [7, 11) is 0. The van der Waals surface area contributed by atoms with Crippen molar-refractivity contribution in [1.29, 1.82) is 0 Å². The first-order chi connectivity index (χ1) is 15.7. The third kappa shape index (κ3) is 13.7. The molecule has 0 bridgehead atoms. The number of unbranched alkanes of at least 4 members (excludes halogenated alkanes) is 15. The maximum Gasteiger partial charge on any atom is 0.257 e. The highest BCUT2D eigenvalue weighted by Crippen LogP contribution is 2.25. The third-order valence-electron chi connectivity index (χ3n) is 7.37. The molecule has 0 saturated heterocycles. The lowest BCUT2D eigenvalue weighted by Crippen LogP contribution is -2.41. The molecule has 2 heteroatoms. The van der Waals surface area contributed by atoms with Crippen LogP contribution in [0.25, 0.3) is 0 Å². The molecule has 0 aliphatic rings. The number of aromatic amines is 1. The Morgan fingerprint density at radius 3 is 1.59 bits per heavy atom. The first kappa shape index (κ1) is 29.2. The minimum atomic E-state index is 0.624. The maximum absolute atomic E-state index is 3.62. The molecule has 2 unspecified atom stereocenters. The molecule has 2 nitrogen and oxygen atoms in total. The molecule has 0 amide bonds. The van der Waals surface area contributed by atoms with Crippen LogP contribution in [0.4, 0.5) is 0 Å². The van der Waals surface area contributed by atoms with Crippen molar-refractivity contribution in [2.45, 2.75) is 174 Å². The Labute approximate surface area is 202 Å². The average molecular weight is 448 g/mol. The number of hydrogen-bond donors (Lipinski definition) is 1. The minimum absolute atomic E-state index is 0.624. The SMILES string of the molecule is CCCCCCCCCCCCCCCC(C)[n+]1cc[nH]c1C(CCC)CCCCCC. The van der Waals surface area contributed by atoms with Gasteiger partial charge >= 0.3 is 0 Å². The summed E-state index contributed by atoms with van der Waals surface area (Å²) in [5.41, 5.74) is 0. The molecule has 0 radical (unpaired) electrons. The van der Waals surface area contributed by atoms with E-state index in [9.17, 15) is 0 Å². The molecule has 0 aromatic carbocycles. The molecule has 1 N–H and O–H groups in total. The highest BCUT2D eigenvalue weighted by atomic mass is 15.1. The Bertz CT molecular complexity index is 507. The van der Waals surface area contributed by atoms with E-state index in [-0.39, 0.29) is 0 Å². The Morgan fingerprint density at radius 1 is 0.594 bits per heavy atom. The smallest absolute Gasteiger partial charge is 0.247 e. The van der Waals surface area contributed by atoms with Crippen molar-refractivity contribution in [2.75, 3.05) is 0 Å². The number of imidazole rings is 1. The Hall–Kier alpha value is -0.790. The van der Waals surface area contributed by atoms with Crippen molar-refractivity contribution in [3.8, 4) is 0 Å². The van der Waals surface area contributed by atoms with Gasteiger partial charge in [-0.25, -0.2) is 9.55 Å². The lowest BCUT2D eigenvalue weighted by Gasteiger charge is -2.16. The van der Waals surface area contributed by atoms with Crippen LogP contribution in [0.5, 0.6) is 0 Å². The van der Waals surface area contributed by atoms with Crippen molar-refractivity contribution in [3.05, 3.63) is 18.2 Å². The molecule has 0 aliphatic heterocycles. The summed E-state index contributed by atoms with van der Waals surface area (Å²) in [5, 5.41) is 0. The van der Waals surface area contributed by atoms with Gasteiger partial charge in [-0.3, -0.25) is 0 Å². The van der Waals surface area contributed by atoms with Crippen LogP contribution in [0.15, 0.2) is 12.4 Å². The summed E-state index contributed by atoms with van der Waals surface area (Å²) in [6.07, 6.45) is 33.9. The van der Waals surface area contributed by atoms with Crippen molar-refractivity contribution < 1.29 is 4.57 Å². The highest BCUT2D eigenvalue weighted by molar-refractivity contribution is 4.90. The maximum atomic E-state index is 3.62. The van der Waals surface area contributed by atoms with E-state index in [1.54, 1.807) is 0 Å². The molecule has 0 saturated carbocycles. The van der Waals surface area contributed by atoms with Crippen LogP contribution in [0.3, 0.4) is 0 Å². The van der Waals surface area contributed by atoms with Crippen LogP contribution >= 0.6 is 0 Å². The van der Waals surface area contributed by atoms with E-state index in [1.807, 2.05) is 0 Å². The van der Waals surface area contributed by atoms with Gasteiger partial charge in [0.15, 0.2) is 0 Å². The van der Waals surface area contributed by atoms with Gasteiger partial charge in [0.2, 0.25) is 0 Å². The molecule has 1 aromatic heterocycles. The van der Waals surface area contributed by atoms with Gasteiger partial charge in [0.1, 0.15) is 12.4 Å². The molecule has 0 spiro atoms. The predicted molar refractivity (Wildman–Crippen MR) is 142 cm³/mol. The molecule has 2 atom stereocenters. The number of H-pyrrole nitrogens is 1. The van der Waals surface area contributed by atoms with Crippen LogP contribution in [-0.4, -0.2) is 4.98 Å². The van der Waals surface area contributed by atoms with Crippen LogP contribution in [0.1, 0.15) is 180 Å². The number of rotatable bonds is 23. The van der Waals surface area contributed by atoms with E-state index in [4.69, 9.17) is 0 Å². The molecular weight excluding hydrogens is 388 g/mol. The van der Waals surface area contributed by atoms with Gasteiger partial charge in [-0.2, -0.15) is 0 Å². The average Bonchev–Trinajstić information content (AvgIpc) is 3.29. The number of hydrogen-bond acceptors (Lipinski definition) is 0. The minimum Gasteiger partial charge on any atom is -0.247 e. The van der Waals surface area contributed by atoms with Crippen LogP contribution in [-0.2, 0) is 0 Å². The molecule has 188 valence electrons. The second kappa shape index (κ2) is 20.8. The monoisotopic (exact) mass is 447 g/mol. The van der Waals surface area contributed by atoms with E-state index >= 15 is 0 Å². The fourth-order valence-corrected chi connectivity index (χ4v) is 5.25. The molecule has 0 fully saturated rings. The quantitative estimate of drug-likeness (QED) is 0.127. The third-order valence-corrected chi connectivity index (χ3v) is 7.37. The number of aromatic nitrogens is 2. The van der Waals surface area contributed by atoms with E-state index in [1.165, 1.54) is 141 Å². The lowest BCUT2D eigenvalue weighted by molar-refractivity contribution is -0.727. The Morgan fingerprint density at radius 2 is 1.06 bits per heavy atom. The Kier molecular flexibility index (Phi) is 19.0. The summed E-state index contributed by atoms with van der Waals surface area (Å²) in [5.74, 6) is 2.20. The van der Waals surface area contributed by atoms with E-state index in [2.05, 4.69) is 49.6 Å². The zero-order valence-electron chi connectivity index (χ0n) is 22.6. The van der Waals surface area contributed by atoms with Crippen LogP contribution < -0.4 is 4.57 Å². The van der Waals surface area contributed by atoms with Gasteiger partial charge in [0, 0.05) is 0 Å². The normalized spacial score (nSPS) is 13.5. The molecular formula is C30H59N2+. The van der Waals surface area contributed by atoms with Gasteiger partial charge in [-0.1, -0.05) is 130 Å². The van der Waals surface area contributed by atoms with E-state index in [0.29, 0.717) is 12.0 Å². The molecule has 32 heavy (non-hydrogen) atoms. The van der Waals surface area contributed by atoms with Crippen molar-refractivity contribution in [2.24, 2.45) is 0 Å². The standard InChI is InChI=1S/C30H58N2/c1-5-8-10-12-13-14-15-16-17-18-19-20-21-24-28(4)32-27-26-31-30(32)29(23-7-3)25-22-11-9-6-2/h26-29H,5-25H2,1-4H3/p+1. The topological polar surface area (TPSA) is 19.7 Å². The van der Waals surface area contributed by atoms with Gasteiger partial charge in [0.25, 0.3) is 5.82 Å². The van der Waals surface area contributed by atoms with Crippen molar-refractivity contribution in [3.63, 3.8) is 0 Å².